The Hall–Kier alpha value is -3.13. The summed E-state index contributed by atoms with van der Waals surface area (Å²) in [6.07, 6.45) is 6.48. The zero-order chi connectivity index (χ0) is 17.4. The molecule has 0 fully saturated rings. The van der Waals surface area contributed by atoms with Crippen molar-refractivity contribution in [1.29, 1.82) is 0 Å². The van der Waals surface area contributed by atoms with E-state index in [1.807, 2.05) is 48.0 Å². The van der Waals surface area contributed by atoms with Crippen LogP contribution in [0.3, 0.4) is 0 Å². The fourth-order valence-corrected chi connectivity index (χ4v) is 3.57. The summed E-state index contributed by atoms with van der Waals surface area (Å²) in [5.41, 5.74) is 4.21. The number of sulfonamides is 1. The van der Waals surface area contributed by atoms with Gasteiger partial charge in [-0.2, -0.15) is 8.42 Å². The van der Waals surface area contributed by atoms with Gasteiger partial charge in [0.2, 0.25) is 0 Å². The molecular formula is C17H15N5O2S. The monoisotopic (exact) mass is 353 g/mol. The van der Waals surface area contributed by atoms with Crippen LogP contribution in [0.5, 0.6) is 0 Å². The molecule has 3 aromatic heterocycles. The minimum atomic E-state index is -3.66. The van der Waals surface area contributed by atoms with Crippen molar-refractivity contribution in [3.8, 4) is 11.3 Å². The third-order valence-electron chi connectivity index (χ3n) is 3.87. The minimum Gasteiger partial charge on any atom is -0.334 e. The number of anilines is 1. The highest BCUT2D eigenvalue weighted by Gasteiger charge is 2.15. The van der Waals surface area contributed by atoms with Crippen LogP contribution in [0.1, 0.15) is 5.56 Å². The normalized spacial score (nSPS) is 11.7. The van der Waals surface area contributed by atoms with Gasteiger partial charge in [-0.1, -0.05) is 18.2 Å². The summed E-state index contributed by atoms with van der Waals surface area (Å²) < 4.78 is 28.8. The summed E-state index contributed by atoms with van der Waals surface area (Å²) in [6.45, 7) is 2.01. The summed E-state index contributed by atoms with van der Waals surface area (Å²) in [5, 5.41) is 0.0207. The molecule has 126 valence electrons. The van der Waals surface area contributed by atoms with Gasteiger partial charge < -0.3 is 9.38 Å². The van der Waals surface area contributed by atoms with Crippen LogP contribution in [-0.4, -0.2) is 27.8 Å². The zero-order valence-corrected chi connectivity index (χ0v) is 14.2. The molecule has 0 atom stereocenters. The van der Waals surface area contributed by atoms with Crippen LogP contribution in [0.25, 0.3) is 16.9 Å². The molecule has 4 rings (SSSR count). The van der Waals surface area contributed by atoms with E-state index in [0.29, 0.717) is 5.69 Å². The van der Waals surface area contributed by atoms with Crippen LogP contribution in [0.15, 0.2) is 66.3 Å². The molecule has 0 spiro atoms. The number of rotatable bonds is 4. The molecule has 7 nitrogen and oxygen atoms in total. The first-order chi connectivity index (χ1) is 12.0. The van der Waals surface area contributed by atoms with Crippen molar-refractivity contribution in [2.45, 2.75) is 11.9 Å². The Bertz CT molecular complexity index is 1130. The fourth-order valence-electron chi connectivity index (χ4n) is 2.60. The van der Waals surface area contributed by atoms with Crippen LogP contribution in [-0.2, 0) is 10.0 Å². The fraction of sp³-hybridized carbons (Fsp3) is 0.0588. The number of imidazole rings is 2. The SMILES string of the molecule is Cc1cccn2cc(-c3ccc(NS(=O)(=O)c4cnc[nH]4)cc3)nc12. The highest BCUT2D eigenvalue weighted by molar-refractivity contribution is 7.92. The van der Waals surface area contributed by atoms with Gasteiger partial charge in [0, 0.05) is 23.6 Å². The van der Waals surface area contributed by atoms with Crippen LogP contribution in [0, 0.1) is 6.92 Å². The molecule has 0 aliphatic rings. The molecule has 0 aliphatic heterocycles. The van der Waals surface area contributed by atoms with Gasteiger partial charge in [-0.05, 0) is 30.7 Å². The molecule has 0 saturated carbocycles. The second kappa shape index (κ2) is 5.75. The second-order valence-corrected chi connectivity index (χ2v) is 7.30. The molecule has 3 heterocycles. The number of hydrogen-bond donors (Lipinski definition) is 2. The van der Waals surface area contributed by atoms with E-state index in [-0.39, 0.29) is 5.03 Å². The Morgan fingerprint density at radius 2 is 1.96 bits per heavy atom. The maximum Gasteiger partial charge on any atom is 0.278 e. The smallest absolute Gasteiger partial charge is 0.278 e. The molecular weight excluding hydrogens is 338 g/mol. The number of hydrogen-bond acceptors (Lipinski definition) is 4. The Morgan fingerprint density at radius 3 is 2.64 bits per heavy atom. The lowest BCUT2D eigenvalue weighted by molar-refractivity contribution is 0.598. The second-order valence-electron chi connectivity index (χ2n) is 5.65. The molecule has 0 bridgehead atoms. The number of aryl methyl sites for hydroxylation is 1. The van der Waals surface area contributed by atoms with E-state index >= 15 is 0 Å². The Kier molecular flexibility index (Phi) is 3.54. The summed E-state index contributed by atoms with van der Waals surface area (Å²) in [5.74, 6) is 0. The van der Waals surface area contributed by atoms with Crippen molar-refractivity contribution in [2.24, 2.45) is 0 Å². The van der Waals surface area contributed by atoms with Crippen LogP contribution < -0.4 is 4.72 Å². The molecule has 0 aliphatic carbocycles. The Labute approximate surface area is 144 Å². The largest absolute Gasteiger partial charge is 0.334 e. The number of aromatic amines is 1. The number of aromatic nitrogens is 4. The summed E-state index contributed by atoms with van der Waals surface area (Å²) >= 11 is 0. The van der Waals surface area contributed by atoms with Gasteiger partial charge in [-0.3, -0.25) is 4.72 Å². The number of H-pyrrole nitrogens is 1. The van der Waals surface area contributed by atoms with Crippen LogP contribution in [0.4, 0.5) is 5.69 Å². The van der Waals surface area contributed by atoms with E-state index in [1.54, 1.807) is 12.1 Å². The number of fused-ring (bicyclic) bond motifs is 1. The van der Waals surface area contributed by atoms with Gasteiger partial charge in [0.15, 0.2) is 5.03 Å². The van der Waals surface area contributed by atoms with Crippen molar-refractivity contribution < 1.29 is 8.42 Å². The zero-order valence-electron chi connectivity index (χ0n) is 13.3. The average molecular weight is 353 g/mol. The first kappa shape index (κ1) is 15.4. The Morgan fingerprint density at radius 1 is 1.16 bits per heavy atom. The maximum absolute atomic E-state index is 12.2. The summed E-state index contributed by atoms with van der Waals surface area (Å²) in [6, 6.07) is 11.1. The molecule has 1 aromatic carbocycles. The molecule has 25 heavy (non-hydrogen) atoms. The molecule has 4 aromatic rings. The van der Waals surface area contributed by atoms with Crippen LogP contribution in [0.2, 0.25) is 0 Å². The first-order valence-corrected chi connectivity index (χ1v) is 9.07. The van der Waals surface area contributed by atoms with Gasteiger partial charge in [0.25, 0.3) is 10.0 Å². The van der Waals surface area contributed by atoms with E-state index < -0.39 is 10.0 Å². The maximum atomic E-state index is 12.2. The quantitative estimate of drug-likeness (QED) is 0.590. The van der Waals surface area contributed by atoms with Gasteiger partial charge in [0.05, 0.1) is 18.2 Å². The third kappa shape index (κ3) is 2.87. The number of benzene rings is 1. The van der Waals surface area contributed by atoms with Gasteiger partial charge in [0.1, 0.15) is 5.65 Å². The highest BCUT2D eigenvalue weighted by Crippen LogP contribution is 2.23. The molecule has 0 unspecified atom stereocenters. The summed E-state index contributed by atoms with van der Waals surface area (Å²) in [7, 11) is -3.66. The van der Waals surface area contributed by atoms with Crippen molar-refractivity contribution >= 4 is 21.4 Å². The highest BCUT2D eigenvalue weighted by atomic mass is 32.2. The number of nitrogens with zero attached hydrogens (tertiary/aromatic N) is 3. The first-order valence-electron chi connectivity index (χ1n) is 7.59. The molecule has 0 amide bonds. The van der Waals surface area contributed by atoms with Gasteiger partial charge >= 0.3 is 0 Å². The van der Waals surface area contributed by atoms with Gasteiger partial charge in [-0.25, -0.2) is 9.97 Å². The van der Waals surface area contributed by atoms with E-state index in [2.05, 4.69) is 19.7 Å². The van der Waals surface area contributed by atoms with E-state index in [9.17, 15) is 8.42 Å². The van der Waals surface area contributed by atoms with E-state index in [1.165, 1.54) is 12.5 Å². The lowest BCUT2D eigenvalue weighted by atomic mass is 10.1. The lowest BCUT2D eigenvalue weighted by Gasteiger charge is -2.06. The van der Waals surface area contributed by atoms with Crippen molar-refractivity contribution in [3.05, 3.63) is 66.9 Å². The number of nitrogens with one attached hydrogen (secondary N) is 2. The average Bonchev–Trinajstić information content (AvgIpc) is 3.26. The molecule has 8 heteroatoms. The number of pyridine rings is 1. The molecule has 0 saturated heterocycles. The third-order valence-corrected chi connectivity index (χ3v) is 5.18. The van der Waals surface area contributed by atoms with Crippen molar-refractivity contribution in [3.63, 3.8) is 0 Å². The predicted octanol–water partition coefficient (Wildman–Crippen LogP) is 2.83. The lowest BCUT2D eigenvalue weighted by Crippen LogP contribution is -2.13. The minimum absolute atomic E-state index is 0.0207. The van der Waals surface area contributed by atoms with Gasteiger partial charge in [-0.15, -0.1) is 0 Å². The predicted molar refractivity (Wildman–Crippen MR) is 94.8 cm³/mol. The summed E-state index contributed by atoms with van der Waals surface area (Å²) in [4.78, 5) is 10.9. The van der Waals surface area contributed by atoms with Crippen molar-refractivity contribution in [1.82, 2.24) is 19.4 Å². The molecule has 2 N–H and O–H groups in total. The molecule has 0 radical (unpaired) electrons. The topological polar surface area (TPSA) is 92.1 Å². The van der Waals surface area contributed by atoms with E-state index in [4.69, 9.17) is 0 Å². The van der Waals surface area contributed by atoms with E-state index in [0.717, 1.165) is 22.5 Å². The van der Waals surface area contributed by atoms with Crippen molar-refractivity contribution in [2.75, 3.05) is 4.72 Å². The van der Waals surface area contributed by atoms with Crippen LogP contribution >= 0.6 is 0 Å². The Balaban J connectivity index is 1.62. The standard InChI is InChI=1S/C17H15N5O2S/c1-12-3-2-8-22-10-15(20-17(12)22)13-4-6-14(7-5-13)21-25(23,24)16-9-18-11-19-16/h2-11,21H,1H3,(H,18,19).